The molecule has 0 spiro atoms. The number of esters is 2. The summed E-state index contributed by atoms with van der Waals surface area (Å²) in [6.45, 7) is 0. The molecule has 1 aliphatic heterocycles. The second-order valence-corrected chi connectivity index (χ2v) is 6.79. The van der Waals surface area contributed by atoms with Crippen LogP contribution in [0, 0.1) is 11.8 Å². The quantitative estimate of drug-likeness (QED) is 0.477. The molecule has 2 bridgehead atoms. The molecule has 1 aromatic rings. The van der Waals surface area contributed by atoms with Crippen molar-refractivity contribution < 1.29 is 14.3 Å². The van der Waals surface area contributed by atoms with Gasteiger partial charge in [0.2, 0.25) is 0 Å². The number of allylic oxidation sites excluding steroid dienone is 2. The Labute approximate surface area is 127 Å². The van der Waals surface area contributed by atoms with Crippen molar-refractivity contribution in [3.05, 3.63) is 45.2 Å². The van der Waals surface area contributed by atoms with E-state index >= 15 is 0 Å². The third-order valence-electron chi connectivity index (χ3n) is 4.90. The topological polar surface area (TPSA) is 43.4 Å². The van der Waals surface area contributed by atoms with E-state index in [-0.39, 0.29) is 0 Å². The minimum Gasteiger partial charge on any atom is -0.386 e. The zero-order chi connectivity index (χ0) is 14.4. The Bertz CT molecular complexity index is 644. The molecule has 0 aromatic carbocycles. The van der Waals surface area contributed by atoms with Gasteiger partial charge in [-0.3, -0.25) is 0 Å². The first kappa shape index (κ1) is 13.0. The van der Waals surface area contributed by atoms with E-state index in [1.54, 1.807) is 11.3 Å². The minimum absolute atomic E-state index is 0.426. The summed E-state index contributed by atoms with van der Waals surface area (Å²) in [7, 11) is 0. The van der Waals surface area contributed by atoms with Crippen molar-refractivity contribution in [1.82, 2.24) is 0 Å². The molecule has 2 saturated carbocycles. The van der Waals surface area contributed by atoms with Crippen molar-refractivity contribution in [2.75, 3.05) is 0 Å². The van der Waals surface area contributed by atoms with Crippen LogP contribution in [0.5, 0.6) is 0 Å². The molecule has 0 N–H and O–H groups in total. The van der Waals surface area contributed by atoms with Crippen LogP contribution in [0.25, 0.3) is 0 Å². The van der Waals surface area contributed by atoms with Crippen molar-refractivity contribution in [1.29, 1.82) is 0 Å². The van der Waals surface area contributed by atoms with Gasteiger partial charge in [0.1, 0.15) is 0 Å². The Hall–Kier alpha value is -1.68. The first-order valence-electron chi connectivity index (χ1n) is 7.46. The summed E-state index contributed by atoms with van der Waals surface area (Å²) in [6.07, 6.45) is 7.17. The third-order valence-corrected chi connectivity index (χ3v) is 5.63. The minimum atomic E-state index is -0.468. The van der Waals surface area contributed by atoms with Gasteiger partial charge in [-0.2, -0.15) is 11.3 Å². The van der Waals surface area contributed by atoms with Crippen LogP contribution in [-0.2, 0) is 20.7 Å². The highest BCUT2D eigenvalue weighted by Crippen LogP contribution is 2.52. The molecular formula is C17H16O3S. The van der Waals surface area contributed by atoms with Gasteiger partial charge in [0.05, 0.1) is 11.1 Å². The fourth-order valence-electron chi connectivity index (χ4n) is 3.95. The average Bonchev–Trinajstić information content (AvgIpc) is 3.22. The summed E-state index contributed by atoms with van der Waals surface area (Å²) in [5, 5.41) is 4.08. The fraction of sp³-hybridized carbons (Fsp3) is 0.412. The molecule has 4 heteroatoms. The lowest BCUT2D eigenvalue weighted by atomic mass is 9.94. The van der Waals surface area contributed by atoms with Gasteiger partial charge in [0.25, 0.3) is 0 Å². The lowest BCUT2D eigenvalue weighted by Crippen LogP contribution is -2.04. The van der Waals surface area contributed by atoms with E-state index < -0.39 is 11.9 Å². The number of hydrogen-bond acceptors (Lipinski definition) is 4. The standard InChI is InChI=1S/C17H16O3S/c18-16-13(6-1-10-7-8-21-9-10)15(17(19)20-16)14-11-2-3-12(14)5-4-11/h6-9,11-12H,1-5H2. The van der Waals surface area contributed by atoms with Crippen molar-refractivity contribution >= 4 is 23.3 Å². The van der Waals surface area contributed by atoms with Gasteiger partial charge in [-0.25, -0.2) is 9.59 Å². The Morgan fingerprint density at radius 1 is 1.14 bits per heavy atom. The molecule has 3 nitrogen and oxygen atoms in total. The molecule has 4 rings (SSSR count). The van der Waals surface area contributed by atoms with Crippen LogP contribution in [0.1, 0.15) is 31.2 Å². The van der Waals surface area contributed by atoms with Gasteiger partial charge in [-0.15, -0.1) is 0 Å². The lowest BCUT2D eigenvalue weighted by molar-refractivity contribution is -0.149. The second-order valence-electron chi connectivity index (χ2n) is 6.01. The maximum Gasteiger partial charge on any atom is 0.346 e. The SMILES string of the molecule is O=C1OC(=O)C(=C2C3CCC2CC3)C1=CCc1ccsc1. The van der Waals surface area contributed by atoms with Gasteiger partial charge >= 0.3 is 11.9 Å². The lowest BCUT2D eigenvalue weighted by Gasteiger charge is -2.07. The number of hydrogen-bond donors (Lipinski definition) is 0. The van der Waals surface area contributed by atoms with Crippen LogP contribution in [0.15, 0.2) is 39.6 Å². The maximum atomic E-state index is 12.1. The average molecular weight is 300 g/mol. The zero-order valence-corrected chi connectivity index (χ0v) is 12.4. The number of carbonyl (C=O) groups excluding carboxylic acids is 2. The zero-order valence-electron chi connectivity index (χ0n) is 11.6. The number of thiophene rings is 1. The van der Waals surface area contributed by atoms with Crippen LogP contribution in [0.2, 0.25) is 0 Å². The number of rotatable bonds is 2. The number of cyclic esters (lactones) is 2. The van der Waals surface area contributed by atoms with E-state index in [9.17, 15) is 9.59 Å². The van der Waals surface area contributed by atoms with Crippen LogP contribution in [-0.4, -0.2) is 11.9 Å². The number of fused-ring (bicyclic) bond motifs is 2. The molecule has 1 aromatic heterocycles. The van der Waals surface area contributed by atoms with Gasteiger partial charge in [-0.05, 0) is 71.9 Å². The molecular weight excluding hydrogens is 284 g/mol. The summed E-state index contributed by atoms with van der Waals surface area (Å²) in [5.41, 5.74) is 3.47. The molecule has 108 valence electrons. The van der Waals surface area contributed by atoms with Gasteiger partial charge < -0.3 is 4.74 Å². The summed E-state index contributed by atoms with van der Waals surface area (Å²) in [4.78, 5) is 24.1. The monoisotopic (exact) mass is 300 g/mol. The Morgan fingerprint density at radius 3 is 2.48 bits per heavy atom. The van der Waals surface area contributed by atoms with Gasteiger partial charge in [0, 0.05) is 0 Å². The number of ether oxygens (including phenoxy) is 1. The smallest absolute Gasteiger partial charge is 0.346 e. The molecule has 0 atom stereocenters. The molecule has 1 saturated heterocycles. The van der Waals surface area contributed by atoms with E-state index in [1.165, 1.54) is 11.1 Å². The summed E-state index contributed by atoms with van der Waals surface area (Å²) < 4.78 is 4.89. The summed E-state index contributed by atoms with van der Waals surface area (Å²) >= 11 is 1.64. The molecule has 2 aliphatic carbocycles. The summed E-state index contributed by atoms with van der Waals surface area (Å²) in [6, 6.07) is 2.04. The highest BCUT2D eigenvalue weighted by molar-refractivity contribution is 7.07. The normalized spacial score (nSPS) is 29.8. The maximum absolute atomic E-state index is 12.1. The van der Waals surface area contributed by atoms with E-state index in [1.807, 2.05) is 17.5 Å². The van der Waals surface area contributed by atoms with Crippen molar-refractivity contribution in [3.63, 3.8) is 0 Å². The first-order chi connectivity index (χ1) is 10.2. The fourth-order valence-corrected chi connectivity index (χ4v) is 4.63. The molecule has 0 unspecified atom stereocenters. The highest BCUT2D eigenvalue weighted by Gasteiger charge is 2.45. The molecule has 3 fully saturated rings. The predicted molar refractivity (Wildman–Crippen MR) is 79.7 cm³/mol. The molecule has 3 aliphatic rings. The highest BCUT2D eigenvalue weighted by atomic mass is 32.1. The van der Waals surface area contributed by atoms with E-state index in [0.717, 1.165) is 25.7 Å². The Kier molecular flexibility index (Phi) is 3.07. The predicted octanol–water partition coefficient (Wildman–Crippen LogP) is 3.42. The van der Waals surface area contributed by atoms with Crippen LogP contribution in [0.4, 0.5) is 0 Å². The first-order valence-corrected chi connectivity index (χ1v) is 8.40. The van der Waals surface area contributed by atoms with Crippen molar-refractivity contribution in [2.24, 2.45) is 11.8 Å². The Morgan fingerprint density at radius 2 is 1.86 bits per heavy atom. The largest absolute Gasteiger partial charge is 0.386 e. The van der Waals surface area contributed by atoms with Crippen LogP contribution >= 0.6 is 11.3 Å². The van der Waals surface area contributed by atoms with Crippen LogP contribution in [0.3, 0.4) is 0 Å². The molecule has 0 radical (unpaired) electrons. The molecule has 0 amide bonds. The van der Waals surface area contributed by atoms with Gasteiger partial charge in [-0.1, -0.05) is 6.08 Å². The third kappa shape index (κ3) is 2.09. The van der Waals surface area contributed by atoms with E-state index in [4.69, 9.17) is 4.74 Å². The van der Waals surface area contributed by atoms with E-state index in [2.05, 4.69) is 5.38 Å². The summed E-state index contributed by atoms with van der Waals surface area (Å²) in [5.74, 6) is 0.0930. The number of carbonyl (C=O) groups is 2. The Balaban J connectivity index is 1.74. The molecule has 2 heterocycles. The second kappa shape index (κ2) is 4.95. The van der Waals surface area contributed by atoms with Crippen molar-refractivity contribution in [2.45, 2.75) is 32.1 Å². The van der Waals surface area contributed by atoms with Crippen molar-refractivity contribution in [3.8, 4) is 0 Å². The van der Waals surface area contributed by atoms with E-state index in [0.29, 0.717) is 29.4 Å². The molecule has 21 heavy (non-hydrogen) atoms. The van der Waals surface area contributed by atoms with Gasteiger partial charge in [0.15, 0.2) is 0 Å². The van der Waals surface area contributed by atoms with Crippen LogP contribution < -0.4 is 0 Å².